The molecule has 2 amide bonds. The number of sulfonamides is 1. The van der Waals surface area contributed by atoms with Gasteiger partial charge in [0, 0.05) is 42.3 Å². The molecule has 11 heteroatoms. The van der Waals surface area contributed by atoms with Crippen molar-refractivity contribution in [1.82, 2.24) is 14.3 Å². The van der Waals surface area contributed by atoms with Gasteiger partial charge in [0.1, 0.15) is 5.75 Å². The first kappa shape index (κ1) is 26.6. The summed E-state index contributed by atoms with van der Waals surface area (Å²) >= 11 is 0. The van der Waals surface area contributed by atoms with Crippen molar-refractivity contribution in [1.29, 1.82) is 0 Å². The number of nitrogens with zero attached hydrogens (tertiary/aromatic N) is 3. The van der Waals surface area contributed by atoms with Crippen molar-refractivity contribution in [3.8, 4) is 11.4 Å². The van der Waals surface area contributed by atoms with Gasteiger partial charge in [0.25, 0.3) is 5.91 Å². The first-order valence-electron chi connectivity index (χ1n) is 11.0. The van der Waals surface area contributed by atoms with Gasteiger partial charge in [-0.3, -0.25) is 9.59 Å². The second-order valence-corrected chi connectivity index (χ2v) is 10.2. The van der Waals surface area contributed by atoms with Crippen molar-refractivity contribution >= 4 is 33.7 Å². The lowest BCUT2D eigenvalue weighted by atomic mass is 10.2. The molecule has 36 heavy (non-hydrogen) atoms. The summed E-state index contributed by atoms with van der Waals surface area (Å²) in [5.41, 5.74) is 6.54. The number of carbonyl (C=O) groups excluding carboxylic acids is 2. The van der Waals surface area contributed by atoms with Gasteiger partial charge >= 0.3 is 0 Å². The third kappa shape index (κ3) is 6.18. The average molecular weight is 512 g/mol. The minimum atomic E-state index is -3.91. The van der Waals surface area contributed by atoms with E-state index in [9.17, 15) is 18.0 Å². The van der Waals surface area contributed by atoms with Crippen LogP contribution in [0.2, 0.25) is 0 Å². The molecule has 10 nitrogen and oxygen atoms in total. The Kier molecular flexibility index (Phi) is 8.28. The van der Waals surface area contributed by atoms with E-state index < -0.39 is 22.5 Å². The normalized spacial score (nSPS) is 11.6. The van der Waals surface area contributed by atoms with Crippen LogP contribution in [0.15, 0.2) is 64.6 Å². The number of aromatic nitrogens is 1. The number of anilines is 1. The number of amides is 2. The van der Waals surface area contributed by atoms with Gasteiger partial charge in [-0.2, -0.15) is 9.41 Å². The molecule has 0 saturated carbocycles. The Bertz CT molecular complexity index is 1380. The van der Waals surface area contributed by atoms with Crippen molar-refractivity contribution in [2.24, 2.45) is 5.10 Å². The third-order valence-electron chi connectivity index (χ3n) is 5.44. The summed E-state index contributed by atoms with van der Waals surface area (Å²) in [7, 11) is -0.982. The van der Waals surface area contributed by atoms with Crippen LogP contribution >= 0.6 is 0 Å². The summed E-state index contributed by atoms with van der Waals surface area (Å²) in [5.74, 6) is -0.0848. The van der Waals surface area contributed by atoms with E-state index in [0.29, 0.717) is 5.69 Å². The van der Waals surface area contributed by atoms with E-state index in [1.807, 2.05) is 44.2 Å². The Labute approximate surface area is 210 Å². The maximum absolute atomic E-state index is 12.8. The first-order valence-corrected chi connectivity index (χ1v) is 12.5. The molecule has 0 radical (unpaired) electrons. The minimum absolute atomic E-state index is 0.00127. The minimum Gasteiger partial charge on any atom is -0.497 e. The van der Waals surface area contributed by atoms with E-state index in [-0.39, 0.29) is 10.8 Å². The monoisotopic (exact) mass is 511 g/mol. The number of likely N-dealkylation sites (N-methyl/N-ethyl adjacent to an activating group) is 1. The summed E-state index contributed by atoms with van der Waals surface area (Å²) in [4.78, 5) is 23.5. The van der Waals surface area contributed by atoms with Crippen LogP contribution < -0.4 is 15.5 Å². The number of nitrogens with one attached hydrogen (secondary N) is 2. The van der Waals surface area contributed by atoms with Crippen LogP contribution in [0.25, 0.3) is 5.69 Å². The maximum atomic E-state index is 12.8. The second-order valence-electron chi connectivity index (χ2n) is 8.12. The molecule has 0 bridgehead atoms. The predicted molar refractivity (Wildman–Crippen MR) is 138 cm³/mol. The van der Waals surface area contributed by atoms with Gasteiger partial charge in [0.2, 0.25) is 15.9 Å². The van der Waals surface area contributed by atoms with Crippen LogP contribution in [-0.2, 0) is 19.6 Å². The van der Waals surface area contributed by atoms with Crippen LogP contribution in [0.1, 0.15) is 23.9 Å². The highest BCUT2D eigenvalue weighted by Gasteiger charge is 2.23. The number of carbonyl (C=O) groups is 2. The van der Waals surface area contributed by atoms with Crippen molar-refractivity contribution < 1.29 is 22.7 Å². The molecule has 0 aliphatic heterocycles. The molecule has 0 fully saturated rings. The number of benzene rings is 2. The largest absolute Gasteiger partial charge is 0.497 e. The Balaban J connectivity index is 1.63. The fourth-order valence-corrected chi connectivity index (χ4v) is 4.76. The van der Waals surface area contributed by atoms with Crippen LogP contribution in [0, 0.1) is 13.8 Å². The quantitative estimate of drug-likeness (QED) is 0.338. The highest BCUT2D eigenvalue weighted by molar-refractivity contribution is 7.89. The zero-order valence-corrected chi connectivity index (χ0v) is 21.6. The molecular formula is C25H29N5O5S. The van der Waals surface area contributed by atoms with E-state index in [1.165, 1.54) is 44.5 Å². The molecule has 2 N–H and O–H groups in total. The summed E-state index contributed by atoms with van der Waals surface area (Å²) in [6, 6.07) is 15.3. The molecule has 2 aromatic carbocycles. The molecule has 0 aliphatic carbocycles. The number of aryl methyl sites for hydroxylation is 1. The summed E-state index contributed by atoms with van der Waals surface area (Å²) in [6.45, 7) is 4.85. The van der Waals surface area contributed by atoms with Gasteiger partial charge in [-0.1, -0.05) is 0 Å². The predicted octanol–water partition coefficient (Wildman–Crippen LogP) is 2.83. The zero-order valence-electron chi connectivity index (χ0n) is 20.8. The lowest BCUT2D eigenvalue weighted by Gasteiger charge is -2.16. The highest BCUT2D eigenvalue weighted by atomic mass is 32.2. The molecule has 0 saturated heterocycles. The van der Waals surface area contributed by atoms with Crippen LogP contribution in [0.4, 0.5) is 5.69 Å². The van der Waals surface area contributed by atoms with Gasteiger partial charge < -0.3 is 14.6 Å². The Morgan fingerprint density at radius 1 is 1.08 bits per heavy atom. The number of hydrogen-bond donors (Lipinski definition) is 2. The van der Waals surface area contributed by atoms with E-state index in [2.05, 4.69) is 20.4 Å². The topological polar surface area (TPSA) is 122 Å². The van der Waals surface area contributed by atoms with Crippen LogP contribution in [0.5, 0.6) is 5.75 Å². The fraction of sp³-hybridized carbons (Fsp3) is 0.240. The SMILES string of the molecule is COc1ccc(-n2c(C)cc(/C=N/NC(=O)CN(C)S(=O)(=O)c3ccc(NC(C)=O)cc3)c2C)cc1. The molecule has 0 unspecified atom stereocenters. The van der Waals surface area contributed by atoms with Gasteiger partial charge in [-0.25, -0.2) is 13.8 Å². The molecule has 1 heterocycles. The number of hydrazone groups is 1. The fourth-order valence-electron chi connectivity index (χ4n) is 3.64. The average Bonchev–Trinajstić information content (AvgIpc) is 3.11. The number of ether oxygens (including phenoxy) is 1. The second kappa shape index (κ2) is 11.2. The smallest absolute Gasteiger partial charge is 0.255 e. The maximum Gasteiger partial charge on any atom is 0.255 e. The van der Waals surface area contributed by atoms with Gasteiger partial charge in [-0.15, -0.1) is 0 Å². The molecule has 3 aromatic rings. The number of rotatable bonds is 9. The lowest BCUT2D eigenvalue weighted by Crippen LogP contribution is -2.36. The summed E-state index contributed by atoms with van der Waals surface area (Å²) in [6.07, 6.45) is 1.52. The van der Waals surface area contributed by atoms with E-state index >= 15 is 0 Å². The molecule has 0 aliphatic rings. The van der Waals surface area contributed by atoms with Crippen LogP contribution in [-0.4, -0.2) is 56.0 Å². The van der Waals surface area contributed by atoms with Crippen molar-refractivity contribution in [2.45, 2.75) is 25.7 Å². The van der Waals surface area contributed by atoms with E-state index in [4.69, 9.17) is 4.74 Å². The standard InChI is InChI=1S/C25H29N5O5S/c1-17-14-20(18(2)30(17)22-8-10-23(35-5)11-9-22)15-26-28-25(32)16-29(4)36(33,34)24-12-6-21(7-13-24)27-19(3)31/h6-15H,16H2,1-5H3,(H,27,31)(H,28,32)/b26-15+. The third-order valence-corrected chi connectivity index (χ3v) is 7.26. The van der Waals surface area contributed by atoms with Gasteiger partial charge in [-0.05, 0) is 68.4 Å². The van der Waals surface area contributed by atoms with Crippen molar-refractivity contribution in [3.05, 3.63) is 71.5 Å². The van der Waals surface area contributed by atoms with E-state index in [0.717, 1.165) is 32.7 Å². The zero-order chi connectivity index (χ0) is 26.5. The van der Waals surface area contributed by atoms with E-state index in [1.54, 1.807) is 7.11 Å². The van der Waals surface area contributed by atoms with Crippen molar-refractivity contribution in [2.75, 3.05) is 26.0 Å². The van der Waals surface area contributed by atoms with Gasteiger partial charge in [0.05, 0.1) is 24.8 Å². The molecule has 3 rings (SSSR count). The van der Waals surface area contributed by atoms with Crippen LogP contribution in [0.3, 0.4) is 0 Å². The van der Waals surface area contributed by atoms with Gasteiger partial charge in [0.15, 0.2) is 0 Å². The summed E-state index contributed by atoms with van der Waals surface area (Å²) < 4.78 is 33.7. The highest BCUT2D eigenvalue weighted by Crippen LogP contribution is 2.22. The molecule has 0 spiro atoms. The Hall–Kier alpha value is -3.96. The lowest BCUT2D eigenvalue weighted by molar-refractivity contribution is -0.121. The Morgan fingerprint density at radius 2 is 1.72 bits per heavy atom. The molecule has 1 aromatic heterocycles. The van der Waals surface area contributed by atoms with Crippen molar-refractivity contribution in [3.63, 3.8) is 0 Å². The Morgan fingerprint density at radius 3 is 2.31 bits per heavy atom. The first-order chi connectivity index (χ1) is 17.0. The molecule has 0 atom stereocenters. The molecular weight excluding hydrogens is 482 g/mol. The molecule has 190 valence electrons. The number of methoxy groups -OCH3 is 1. The number of hydrogen-bond acceptors (Lipinski definition) is 6. The summed E-state index contributed by atoms with van der Waals surface area (Å²) in [5, 5.41) is 6.58.